The van der Waals surface area contributed by atoms with Gasteiger partial charge in [-0.3, -0.25) is 0 Å². The third-order valence-corrected chi connectivity index (χ3v) is 3.01. The van der Waals surface area contributed by atoms with Gasteiger partial charge in [0.15, 0.2) is 0 Å². The zero-order valence-corrected chi connectivity index (χ0v) is 12.4. The van der Waals surface area contributed by atoms with Gasteiger partial charge in [-0.2, -0.15) is 0 Å². The number of hydrogen-bond donors (Lipinski definition) is 1. The maximum Gasteiger partial charge on any atom is 0.0366 e. The first-order chi connectivity index (χ1) is 8.53. The molecule has 0 heterocycles. The van der Waals surface area contributed by atoms with Crippen molar-refractivity contribution in [2.75, 3.05) is 24.5 Å². The van der Waals surface area contributed by atoms with Crippen molar-refractivity contribution in [1.29, 1.82) is 0 Å². The molecule has 0 aliphatic rings. The summed E-state index contributed by atoms with van der Waals surface area (Å²) >= 11 is 0. The highest BCUT2D eigenvalue weighted by Crippen LogP contribution is 2.13. The lowest BCUT2D eigenvalue weighted by Gasteiger charge is -2.24. The number of benzene rings is 1. The van der Waals surface area contributed by atoms with E-state index in [2.05, 4.69) is 68.2 Å². The summed E-state index contributed by atoms with van der Waals surface area (Å²) < 4.78 is 0. The molecule has 0 radical (unpaired) electrons. The van der Waals surface area contributed by atoms with Crippen LogP contribution >= 0.6 is 0 Å². The van der Waals surface area contributed by atoms with Crippen LogP contribution in [0.5, 0.6) is 0 Å². The van der Waals surface area contributed by atoms with Crippen molar-refractivity contribution >= 4 is 5.69 Å². The van der Waals surface area contributed by atoms with Gasteiger partial charge in [0.05, 0.1) is 0 Å². The molecule has 0 atom stereocenters. The van der Waals surface area contributed by atoms with E-state index in [4.69, 9.17) is 0 Å². The molecule has 0 unspecified atom stereocenters. The molecule has 1 N–H and O–H groups in total. The van der Waals surface area contributed by atoms with Gasteiger partial charge in [-0.25, -0.2) is 0 Å². The van der Waals surface area contributed by atoms with E-state index in [1.54, 1.807) is 0 Å². The molecule has 0 saturated carbocycles. The largest absolute Gasteiger partial charge is 0.372 e. The molecule has 1 aromatic rings. The minimum Gasteiger partial charge on any atom is -0.372 e. The lowest BCUT2D eigenvalue weighted by atomic mass is 10.1. The van der Waals surface area contributed by atoms with Gasteiger partial charge in [0.25, 0.3) is 0 Å². The summed E-state index contributed by atoms with van der Waals surface area (Å²) in [5, 5.41) is 3.53. The lowest BCUT2D eigenvalue weighted by molar-refractivity contribution is 0.419. The molecular weight excluding hydrogens is 220 g/mol. The Balaban J connectivity index is 2.25. The summed E-state index contributed by atoms with van der Waals surface area (Å²) in [6.07, 6.45) is 2.48. The summed E-state index contributed by atoms with van der Waals surface area (Å²) in [6.45, 7) is 12.2. The molecule has 2 nitrogen and oxygen atoms in total. The Labute approximate surface area is 112 Å². The van der Waals surface area contributed by atoms with Crippen molar-refractivity contribution in [3.63, 3.8) is 0 Å². The van der Waals surface area contributed by atoms with Crippen molar-refractivity contribution in [2.45, 2.75) is 46.1 Å². The Morgan fingerprint density at radius 2 is 1.72 bits per heavy atom. The van der Waals surface area contributed by atoms with E-state index in [9.17, 15) is 0 Å². The second-order valence-electron chi connectivity index (χ2n) is 5.80. The van der Waals surface area contributed by atoms with Crippen molar-refractivity contribution < 1.29 is 0 Å². The van der Waals surface area contributed by atoms with Crippen molar-refractivity contribution in [3.8, 4) is 0 Å². The van der Waals surface area contributed by atoms with Crippen LogP contribution in [-0.2, 0) is 0 Å². The van der Waals surface area contributed by atoms with Crippen LogP contribution in [-0.4, -0.2) is 25.2 Å². The maximum atomic E-state index is 3.53. The molecule has 0 aromatic heterocycles. The van der Waals surface area contributed by atoms with Crippen LogP contribution < -0.4 is 10.2 Å². The molecule has 2 heteroatoms. The predicted octanol–water partition coefficient (Wildman–Crippen LogP) is 3.68. The van der Waals surface area contributed by atoms with Crippen LogP contribution in [0.1, 0.15) is 40.5 Å². The predicted molar refractivity (Wildman–Crippen MR) is 81.3 cm³/mol. The fourth-order valence-electron chi connectivity index (χ4n) is 2.00. The molecule has 0 aliphatic heterocycles. The van der Waals surface area contributed by atoms with Crippen LogP contribution in [0.3, 0.4) is 0 Å². The zero-order chi connectivity index (χ0) is 13.4. The van der Waals surface area contributed by atoms with E-state index in [1.807, 2.05) is 0 Å². The molecule has 102 valence electrons. The van der Waals surface area contributed by atoms with Gasteiger partial charge in [-0.15, -0.1) is 0 Å². The highest BCUT2D eigenvalue weighted by Gasteiger charge is 2.07. The Kier molecular flexibility index (Phi) is 6.20. The molecule has 18 heavy (non-hydrogen) atoms. The number of para-hydroxylation sites is 1. The Hall–Kier alpha value is -1.02. The molecule has 0 saturated heterocycles. The van der Waals surface area contributed by atoms with Gasteiger partial charge in [0, 0.05) is 24.3 Å². The van der Waals surface area contributed by atoms with E-state index in [0.29, 0.717) is 0 Å². The summed E-state index contributed by atoms with van der Waals surface area (Å²) in [4.78, 5) is 2.44. The average molecular weight is 248 g/mol. The Morgan fingerprint density at radius 3 is 2.28 bits per heavy atom. The average Bonchev–Trinajstić information content (AvgIpc) is 2.33. The lowest BCUT2D eigenvalue weighted by Crippen LogP contribution is -2.36. The van der Waals surface area contributed by atoms with E-state index in [0.717, 1.165) is 19.6 Å². The molecule has 1 aromatic carbocycles. The third-order valence-electron chi connectivity index (χ3n) is 3.01. The van der Waals surface area contributed by atoms with Crippen molar-refractivity contribution in [3.05, 3.63) is 30.3 Å². The number of nitrogens with one attached hydrogen (secondary N) is 1. The van der Waals surface area contributed by atoms with Gasteiger partial charge in [-0.05, 0) is 59.2 Å². The highest BCUT2D eigenvalue weighted by molar-refractivity contribution is 5.45. The van der Waals surface area contributed by atoms with Crippen LogP contribution in [0, 0.1) is 0 Å². The van der Waals surface area contributed by atoms with Gasteiger partial charge in [0.2, 0.25) is 0 Å². The number of hydrogen-bond acceptors (Lipinski definition) is 2. The minimum atomic E-state index is 0.240. The normalized spacial score (nSPS) is 11.6. The summed E-state index contributed by atoms with van der Waals surface area (Å²) in [7, 11) is 0. The van der Waals surface area contributed by atoms with E-state index in [-0.39, 0.29) is 5.54 Å². The van der Waals surface area contributed by atoms with E-state index >= 15 is 0 Å². The molecule has 1 rings (SSSR count). The first kappa shape index (κ1) is 15.0. The van der Waals surface area contributed by atoms with Crippen molar-refractivity contribution in [2.24, 2.45) is 0 Å². The molecule has 0 spiro atoms. The van der Waals surface area contributed by atoms with Gasteiger partial charge < -0.3 is 10.2 Å². The smallest absolute Gasteiger partial charge is 0.0366 e. The molecule has 0 fully saturated rings. The summed E-state index contributed by atoms with van der Waals surface area (Å²) in [5.74, 6) is 0. The first-order valence-electron chi connectivity index (χ1n) is 7.08. The minimum absolute atomic E-state index is 0.240. The Bertz CT molecular complexity index is 314. The fourth-order valence-corrected chi connectivity index (χ4v) is 2.00. The van der Waals surface area contributed by atoms with Crippen LogP contribution in [0.15, 0.2) is 30.3 Å². The molecule has 0 aliphatic carbocycles. The SMILES string of the molecule is CCN(CCCCNC(C)(C)C)c1ccccc1. The molecule has 0 amide bonds. The number of rotatable bonds is 7. The zero-order valence-electron chi connectivity index (χ0n) is 12.4. The van der Waals surface area contributed by atoms with E-state index < -0.39 is 0 Å². The number of nitrogens with zero attached hydrogens (tertiary/aromatic N) is 1. The van der Waals surface area contributed by atoms with Crippen LogP contribution in [0.2, 0.25) is 0 Å². The van der Waals surface area contributed by atoms with Crippen molar-refractivity contribution in [1.82, 2.24) is 5.32 Å². The van der Waals surface area contributed by atoms with Gasteiger partial charge >= 0.3 is 0 Å². The second-order valence-corrected chi connectivity index (χ2v) is 5.80. The maximum absolute atomic E-state index is 3.53. The second kappa shape index (κ2) is 7.42. The fraction of sp³-hybridized carbons (Fsp3) is 0.625. The van der Waals surface area contributed by atoms with Gasteiger partial charge in [0.1, 0.15) is 0 Å². The van der Waals surface area contributed by atoms with Crippen LogP contribution in [0.25, 0.3) is 0 Å². The quantitative estimate of drug-likeness (QED) is 0.740. The first-order valence-corrected chi connectivity index (χ1v) is 7.08. The number of unbranched alkanes of at least 4 members (excludes halogenated alkanes) is 1. The standard InChI is InChI=1S/C16H28N2/c1-5-18(15-11-7-6-8-12-15)14-10-9-13-17-16(2,3)4/h6-8,11-12,17H,5,9-10,13-14H2,1-4H3. The van der Waals surface area contributed by atoms with Crippen LogP contribution in [0.4, 0.5) is 5.69 Å². The summed E-state index contributed by atoms with van der Waals surface area (Å²) in [5.41, 5.74) is 1.58. The monoisotopic (exact) mass is 248 g/mol. The molecular formula is C16H28N2. The van der Waals surface area contributed by atoms with E-state index in [1.165, 1.54) is 18.5 Å². The Morgan fingerprint density at radius 1 is 1.06 bits per heavy atom. The van der Waals surface area contributed by atoms with Gasteiger partial charge in [-0.1, -0.05) is 18.2 Å². The highest BCUT2D eigenvalue weighted by atomic mass is 15.1. The molecule has 0 bridgehead atoms. The number of anilines is 1. The summed E-state index contributed by atoms with van der Waals surface area (Å²) in [6, 6.07) is 10.7. The third kappa shape index (κ3) is 6.06. The topological polar surface area (TPSA) is 15.3 Å².